The lowest BCUT2D eigenvalue weighted by Crippen LogP contribution is -2.44. The van der Waals surface area contributed by atoms with Gasteiger partial charge in [0, 0.05) is 25.7 Å². The highest BCUT2D eigenvalue weighted by molar-refractivity contribution is 5.78. The van der Waals surface area contributed by atoms with Crippen LogP contribution in [-0.4, -0.2) is 52.7 Å². The molecule has 1 aliphatic heterocycles. The van der Waals surface area contributed by atoms with Crippen LogP contribution in [0.15, 0.2) is 23.9 Å². The summed E-state index contributed by atoms with van der Waals surface area (Å²) >= 11 is 0. The minimum absolute atomic E-state index is 0.248. The van der Waals surface area contributed by atoms with Gasteiger partial charge >= 0.3 is 0 Å². The molecule has 0 spiro atoms. The zero-order valence-electron chi connectivity index (χ0n) is 13.7. The van der Waals surface area contributed by atoms with Gasteiger partial charge in [0.1, 0.15) is 0 Å². The molecule has 1 aromatic heterocycles. The second-order valence-electron chi connectivity index (χ2n) is 6.74. The van der Waals surface area contributed by atoms with E-state index in [0.717, 1.165) is 31.6 Å². The normalized spacial score (nSPS) is 21.7. The van der Waals surface area contributed by atoms with E-state index in [1.54, 1.807) is 0 Å². The number of hydrogen-bond acceptors (Lipinski definition) is 3. The number of allylic oxidation sites excluding steroid dienone is 1. The summed E-state index contributed by atoms with van der Waals surface area (Å²) in [5.41, 5.74) is 2.48. The quantitative estimate of drug-likeness (QED) is 0.801. The van der Waals surface area contributed by atoms with Crippen molar-refractivity contribution in [1.29, 1.82) is 0 Å². The lowest BCUT2D eigenvalue weighted by molar-refractivity contribution is -0.132. The molecule has 0 bridgehead atoms. The second kappa shape index (κ2) is 6.65. The summed E-state index contributed by atoms with van der Waals surface area (Å²) in [5.74, 6) is 0.268. The van der Waals surface area contributed by atoms with E-state index in [0.29, 0.717) is 13.0 Å². The molecule has 1 atom stereocenters. The zero-order chi connectivity index (χ0) is 15.5. The molecular formula is C17H26N4O. The topological polar surface area (TPSA) is 41.4 Å². The molecular weight excluding hydrogens is 276 g/mol. The molecule has 2 aliphatic rings. The standard InChI is InChI=1S/C17H26N4O/c1-19(2)11-16-13-20(12-15-8-9-18-21(15)16)17(22)10-14-6-4-3-5-7-14/h6,8-9,16H,3-5,7,10-13H2,1-2H3/t16-/m0/s1. The Hall–Kier alpha value is -1.62. The Morgan fingerprint density at radius 1 is 1.41 bits per heavy atom. The van der Waals surface area contributed by atoms with Crippen LogP contribution in [0.4, 0.5) is 0 Å². The number of likely N-dealkylation sites (N-methyl/N-ethyl adjacent to an activating group) is 1. The lowest BCUT2D eigenvalue weighted by Gasteiger charge is -2.35. The minimum Gasteiger partial charge on any atom is -0.334 e. The summed E-state index contributed by atoms with van der Waals surface area (Å²) < 4.78 is 2.09. The third kappa shape index (κ3) is 3.40. The van der Waals surface area contributed by atoms with Crippen molar-refractivity contribution in [2.45, 2.75) is 44.7 Å². The maximum Gasteiger partial charge on any atom is 0.227 e. The molecule has 0 radical (unpaired) electrons. The number of fused-ring (bicyclic) bond motifs is 1. The van der Waals surface area contributed by atoms with Crippen LogP contribution in [0, 0.1) is 0 Å². The van der Waals surface area contributed by atoms with Crippen LogP contribution in [0.5, 0.6) is 0 Å². The fourth-order valence-corrected chi connectivity index (χ4v) is 3.51. The highest BCUT2D eigenvalue weighted by Gasteiger charge is 2.29. The second-order valence-corrected chi connectivity index (χ2v) is 6.74. The van der Waals surface area contributed by atoms with Crippen LogP contribution in [0.2, 0.25) is 0 Å². The maximum absolute atomic E-state index is 12.7. The van der Waals surface area contributed by atoms with Crippen molar-refractivity contribution in [2.75, 3.05) is 27.2 Å². The van der Waals surface area contributed by atoms with Crippen molar-refractivity contribution >= 4 is 5.91 Å². The summed E-state index contributed by atoms with van der Waals surface area (Å²) in [4.78, 5) is 16.8. The van der Waals surface area contributed by atoms with Gasteiger partial charge in [-0.3, -0.25) is 9.48 Å². The summed E-state index contributed by atoms with van der Waals surface area (Å²) in [5, 5.41) is 4.44. The third-order valence-electron chi connectivity index (χ3n) is 4.57. The van der Waals surface area contributed by atoms with Gasteiger partial charge in [-0.25, -0.2) is 0 Å². The van der Waals surface area contributed by atoms with E-state index in [1.165, 1.54) is 18.4 Å². The fraction of sp³-hybridized carbons (Fsp3) is 0.647. The van der Waals surface area contributed by atoms with E-state index < -0.39 is 0 Å². The average Bonchev–Trinajstić information content (AvgIpc) is 2.96. The molecule has 1 aliphatic carbocycles. The molecule has 0 aromatic carbocycles. The van der Waals surface area contributed by atoms with Gasteiger partial charge in [0.05, 0.1) is 18.3 Å². The van der Waals surface area contributed by atoms with Crippen LogP contribution in [0.3, 0.4) is 0 Å². The summed E-state index contributed by atoms with van der Waals surface area (Å²) in [6.45, 7) is 2.36. The number of hydrogen-bond donors (Lipinski definition) is 0. The summed E-state index contributed by atoms with van der Waals surface area (Å²) in [6.07, 6.45) is 9.45. The Morgan fingerprint density at radius 3 is 3.00 bits per heavy atom. The first-order chi connectivity index (χ1) is 10.6. The largest absolute Gasteiger partial charge is 0.334 e. The van der Waals surface area contributed by atoms with Gasteiger partial charge in [0.15, 0.2) is 0 Å². The Labute approximate surface area is 132 Å². The van der Waals surface area contributed by atoms with Gasteiger partial charge in [-0.2, -0.15) is 5.10 Å². The average molecular weight is 302 g/mol. The minimum atomic E-state index is 0.248. The van der Waals surface area contributed by atoms with Gasteiger partial charge in [-0.1, -0.05) is 11.6 Å². The van der Waals surface area contributed by atoms with E-state index in [4.69, 9.17) is 0 Å². The van der Waals surface area contributed by atoms with Crippen molar-refractivity contribution in [1.82, 2.24) is 19.6 Å². The van der Waals surface area contributed by atoms with Crippen molar-refractivity contribution in [2.24, 2.45) is 0 Å². The van der Waals surface area contributed by atoms with E-state index in [2.05, 4.69) is 34.9 Å². The first kappa shape index (κ1) is 15.3. The lowest BCUT2D eigenvalue weighted by atomic mass is 9.96. The molecule has 1 aromatic rings. The number of amides is 1. The van der Waals surface area contributed by atoms with E-state index in [9.17, 15) is 4.79 Å². The molecule has 0 unspecified atom stereocenters. The highest BCUT2D eigenvalue weighted by atomic mass is 16.2. The number of carbonyl (C=O) groups is 1. The molecule has 0 saturated carbocycles. The van der Waals surface area contributed by atoms with Crippen LogP contribution in [0.25, 0.3) is 0 Å². The molecule has 5 heteroatoms. The van der Waals surface area contributed by atoms with E-state index in [1.807, 2.05) is 17.2 Å². The Bertz CT molecular complexity index is 561. The van der Waals surface area contributed by atoms with Crippen LogP contribution in [0.1, 0.15) is 43.8 Å². The third-order valence-corrected chi connectivity index (χ3v) is 4.57. The van der Waals surface area contributed by atoms with Gasteiger partial charge in [0.2, 0.25) is 5.91 Å². The van der Waals surface area contributed by atoms with Gasteiger partial charge in [0.25, 0.3) is 0 Å². The van der Waals surface area contributed by atoms with Gasteiger partial charge < -0.3 is 9.80 Å². The van der Waals surface area contributed by atoms with Crippen molar-refractivity contribution in [3.63, 3.8) is 0 Å². The molecule has 22 heavy (non-hydrogen) atoms. The monoisotopic (exact) mass is 302 g/mol. The first-order valence-electron chi connectivity index (χ1n) is 8.26. The molecule has 0 fully saturated rings. The Kier molecular flexibility index (Phi) is 4.62. The van der Waals surface area contributed by atoms with Crippen LogP contribution >= 0.6 is 0 Å². The van der Waals surface area contributed by atoms with E-state index in [-0.39, 0.29) is 11.9 Å². The van der Waals surface area contributed by atoms with Crippen LogP contribution in [-0.2, 0) is 11.3 Å². The first-order valence-corrected chi connectivity index (χ1v) is 8.26. The molecule has 0 saturated heterocycles. The van der Waals surface area contributed by atoms with Crippen molar-refractivity contribution < 1.29 is 4.79 Å². The number of rotatable bonds is 4. The van der Waals surface area contributed by atoms with Crippen LogP contribution < -0.4 is 0 Å². The predicted octanol–water partition coefficient (Wildman–Crippen LogP) is 2.22. The number of carbonyl (C=O) groups excluding carboxylic acids is 1. The predicted molar refractivity (Wildman–Crippen MR) is 86.4 cm³/mol. The number of aromatic nitrogens is 2. The molecule has 120 valence electrons. The molecule has 5 nitrogen and oxygen atoms in total. The Morgan fingerprint density at radius 2 is 2.27 bits per heavy atom. The molecule has 1 amide bonds. The van der Waals surface area contributed by atoms with Gasteiger partial charge in [-0.05, 0) is 45.8 Å². The molecule has 0 N–H and O–H groups in total. The molecule has 3 rings (SSSR count). The maximum atomic E-state index is 12.7. The molecule has 2 heterocycles. The summed E-state index contributed by atoms with van der Waals surface area (Å²) in [6, 6.07) is 2.28. The Balaban J connectivity index is 1.69. The number of nitrogens with zero attached hydrogens (tertiary/aromatic N) is 4. The summed E-state index contributed by atoms with van der Waals surface area (Å²) in [7, 11) is 4.13. The van der Waals surface area contributed by atoms with E-state index >= 15 is 0 Å². The highest BCUT2D eigenvalue weighted by Crippen LogP contribution is 2.25. The van der Waals surface area contributed by atoms with Gasteiger partial charge in [-0.15, -0.1) is 0 Å². The van der Waals surface area contributed by atoms with Crippen molar-refractivity contribution in [3.8, 4) is 0 Å². The smallest absolute Gasteiger partial charge is 0.227 e. The SMILES string of the molecule is CN(C)C[C@H]1CN(C(=O)CC2=CCCCC2)Cc2ccnn21. The van der Waals surface area contributed by atoms with Crippen molar-refractivity contribution in [3.05, 3.63) is 29.6 Å². The zero-order valence-corrected chi connectivity index (χ0v) is 13.7. The fourth-order valence-electron chi connectivity index (χ4n) is 3.51.